The minimum atomic E-state index is -1.51. The number of aliphatic hydroxyl groups is 5. The fourth-order valence-corrected chi connectivity index (χ4v) is 3.00. The van der Waals surface area contributed by atoms with Gasteiger partial charge < -0.3 is 39.7 Å². The molecule has 26 heavy (non-hydrogen) atoms. The number of rotatable bonds is 5. The Kier molecular flexibility index (Phi) is 5.55. The summed E-state index contributed by atoms with van der Waals surface area (Å²) < 4.78 is 17.1. The average Bonchev–Trinajstić information content (AvgIpc) is 3.07. The van der Waals surface area contributed by atoms with Crippen LogP contribution in [0, 0.1) is 0 Å². The maximum Gasteiger partial charge on any atom is 0.330 e. The van der Waals surface area contributed by atoms with Crippen molar-refractivity contribution in [2.45, 2.75) is 49.1 Å². The molecule has 0 unspecified atom stereocenters. The molecular formula is C14H20N2O10. The van der Waals surface area contributed by atoms with Gasteiger partial charge >= 0.3 is 5.69 Å². The highest BCUT2D eigenvalue weighted by Crippen LogP contribution is 2.34. The highest BCUT2D eigenvalue weighted by molar-refractivity contribution is 4.95. The van der Waals surface area contributed by atoms with Crippen LogP contribution in [0.5, 0.6) is 0 Å². The van der Waals surface area contributed by atoms with Crippen molar-refractivity contribution in [1.82, 2.24) is 9.55 Å². The smallest absolute Gasteiger partial charge is 0.330 e. The van der Waals surface area contributed by atoms with Crippen LogP contribution in [0.2, 0.25) is 0 Å². The van der Waals surface area contributed by atoms with Crippen molar-refractivity contribution in [2.75, 3.05) is 13.2 Å². The van der Waals surface area contributed by atoms with Gasteiger partial charge in [-0.15, -0.1) is 0 Å². The van der Waals surface area contributed by atoms with Crippen LogP contribution in [-0.2, 0) is 14.2 Å². The molecule has 2 aliphatic rings. The number of ether oxygens (including phenoxy) is 3. The van der Waals surface area contributed by atoms with E-state index >= 15 is 0 Å². The quantitative estimate of drug-likeness (QED) is 0.293. The second-order valence-corrected chi connectivity index (χ2v) is 6.06. The first-order chi connectivity index (χ1) is 12.4. The molecule has 2 saturated heterocycles. The second kappa shape index (κ2) is 7.54. The van der Waals surface area contributed by atoms with Crippen LogP contribution >= 0.6 is 0 Å². The van der Waals surface area contributed by atoms with E-state index in [0.717, 1.165) is 16.8 Å². The third kappa shape index (κ3) is 3.33. The highest BCUT2D eigenvalue weighted by Gasteiger charge is 2.51. The number of H-pyrrole nitrogens is 1. The van der Waals surface area contributed by atoms with E-state index in [0.29, 0.717) is 0 Å². The Balaban J connectivity index is 1.87. The van der Waals surface area contributed by atoms with Gasteiger partial charge in [-0.3, -0.25) is 14.3 Å². The number of nitrogens with one attached hydrogen (secondary N) is 1. The zero-order chi connectivity index (χ0) is 19.0. The summed E-state index contributed by atoms with van der Waals surface area (Å²) in [6.07, 6.45) is -9.31. The average molecular weight is 376 g/mol. The lowest BCUT2D eigenvalue weighted by Crippen LogP contribution is -2.43. The van der Waals surface area contributed by atoms with Crippen LogP contribution < -0.4 is 11.2 Å². The number of hydrogen-bond acceptors (Lipinski definition) is 10. The fourth-order valence-electron chi connectivity index (χ4n) is 3.00. The minimum absolute atomic E-state index is 0.566. The SMILES string of the molecule is O=c1ccn([C@@H]2O[C@H](CO)[C@@H](O)[C@H]2O[C@H]2O[C@H](CO)[C@@H](O)[C@@H]2O)c(=O)[nH]1. The molecule has 0 spiro atoms. The number of aliphatic hydroxyl groups excluding tert-OH is 5. The molecule has 0 aliphatic carbocycles. The van der Waals surface area contributed by atoms with E-state index in [2.05, 4.69) is 0 Å². The van der Waals surface area contributed by atoms with Crippen molar-refractivity contribution >= 4 is 0 Å². The first kappa shape index (κ1) is 19.1. The molecule has 146 valence electrons. The van der Waals surface area contributed by atoms with E-state index in [1.54, 1.807) is 0 Å². The molecule has 0 radical (unpaired) electrons. The highest BCUT2D eigenvalue weighted by atomic mass is 16.7. The molecule has 3 rings (SSSR count). The molecule has 12 heteroatoms. The lowest BCUT2D eigenvalue weighted by molar-refractivity contribution is -0.220. The van der Waals surface area contributed by atoms with Gasteiger partial charge in [0, 0.05) is 12.3 Å². The Hall–Kier alpha value is -1.64. The summed E-state index contributed by atoms with van der Waals surface area (Å²) in [7, 11) is 0. The summed E-state index contributed by atoms with van der Waals surface area (Å²) in [5, 5.41) is 48.5. The van der Waals surface area contributed by atoms with Gasteiger partial charge in [0.25, 0.3) is 5.56 Å². The molecule has 1 aromatic heterocycles. The molecule has 0 saturated carbocycles. The number of nitrogens with zero attached hydrogens (tertiary/aromatic N) is 1. The predicted molar refractivity (Wildman–Crippen MR) is 81.0 cm³/mol. The van der Waals surface area contributed by atoms with Crippen LogP contribution in [-0.4, -0.2) is 91.2 Å². The maximum atomic E-state index is 12.0. The molecular weight excluding hydrogens is 356 g/mol. The summed E-state index contributed by atoms with van der Waals surface area (Å²) in [6.45, 7) is -1.14. The standard InChI is InChI=1S/C14H20N2O10/c17-3-5-8(20)10(22)13(25-5)26-11-9(21)6(4-18)24-12(11)16-2-1-7(19)15-14(16)23/h1-2,5-6,8-13,17-18,20-22H,3-4H2,(H,15,19,23)/t5-,6-,8-,9-,10+,11-,12-,13-/m1/s1. The van der Waals surface area contributed by atoms with Crippen LogP contribution in [0.25, 0.3) is 0 Å². The topological polar surface area (TPSA) is 184 Å². The molecule has 0 aromatic carbocycles. The van der Waals surface area contributed by atoms with Crippen LogP contribution in [0.4, 0.5) is 0 Å². The number of hydrogen-bond donors (Lipinski definition) is 6. The molecule has 8 atom stereocenters. The molecule has 3 heterocycles. The van der Waals surface area contributed by atoms with E-state index in [9.17, 15) is 30.0 Å². The Morgan fingerprint density at radius 3 is 2.27 bits per heavy atom. The molecule has 6 N–H and O–H groups in total. The van der Waals surface area contributed by atoms with E-state index in [-0.39, 0.29) is 0 Å². The molecule has 0 amide bonds. The van der Waals surface area contributed by atoms with Crippen LogP contribution in [0.1, 0.15) is 6.23 Å². The zero-order valence-electron chi connectivity index (χ0n) is 13.4. The van der Waals surface area contributed by atoms with Gasteiger partial charge in [-0.1, -0.05) is 0 Å². The van der Waals surface area contributed by atoms with Crippen LogP contribution in [0.3, 0.4) is 0 Å². The maximum absolute atomic E-state index is 12.0. The van der Waals surface area contributed by atoms with E-state index in [1.807, 2.05) is 4.98 Å². The van der Waals surface area contributed by atoms with Crippen molar-refractivity contribution in [2.24, 2.45) is 0 Å². The first-order valence-corrected chi connectivity index (χ1v) is 7.91. The first-order valence-electron chi connectivity index (χ1n) is 7.91. The van der Waals surface area contributed by atoms with Gasteiger partial charge in [-0.2, -0.15) is 0 Å². The molecule has 2 fully saturated rings. The lowest BCUT2D eigenvalue weighted by atomic mass is 10.1. The zero-order valence-corrected chi connectivity index (χ0v) is 13.4. The van der Waals surface area contributed by atoms with E-state index in [4.69, 9.17) is 19.3 Å². The van der Waals surface area contributed by atoms with Crippen molar-refractivity contribution in [3.63, 3.8) is 0 Å². The van der Waals surface area contributed by atoms with Crippen molar-refractivity contribution in [3.8, 4) is 0 Å². The van der Waals surface area contributed by atoms with Gasteiger partial charge in [-0.25, -0.2) is 4.79 Å². The van der Waals surface area contributed by atoms with Gasteiger partial charge in [0.1, 0.15) is 36.6 Å². The van der Waals surface area contributed by atoms with Crippen molar-refractivity contribution in [1.29, 1.82) is 0 Å². The number of aromatic amines is 1. The van der Waals surface area contributed by atoms with Gasteiger partial charge in [0.05, 0.1) is 13.2 Å². The summed E-state index contributed by atoms with van der Waals surface area (Å²) in [6, 6.07) is 1.06. The Morgan fingerprint density at radius 2 is 1.69 bits per heavy atom. The Labute approximate surface area is 145 Å². The van der Waals surface area contributed by atoms with Gasteiger partial charge in [0.15, 0.2) is 12.5 Å². The molecule has 1 aromatic rings. The molecule has 12 nitrogen and oxygen atoms in total. The van der Waals surface area contributed by atoms with Crippen molar-refractivity contribution in [3.05, 3.63) is 33.1 Å². The van der Waals surface area contributed by atoms with Crippen molar-refractivity contribution < 1.29 is 39.7 Å². The van der Waals surface area contributed by atoms with E-state index in [1.165, 1.54) is 0 Å². The predicted octanol–water partition coefficient (Wildman–Crippen LogP) is -4.39. The summed E-state index contributed by atoms with van der Waals surface area (Å²) in [4.78, 5) is 25.2. The minimum Gasteiger partial charge on any atom is -0.394 e. The largest absolute Gasteiger partial charge is 0.394 e. The second-order valence-electron chi connectivity index (χ2n) is 6.06. The van der Waals surface area contributed by atoms with Crippen LogP contribution in [0.15, 0.2) is 21.9 Å². The number of aromatic nitrogens is 2. The van der Waals surface area contributed by atoms with E-state index < -0.39 is 73.6 Å². The lowest BCUT2D eigenvalue weighted by Gasteiger charge is -2.26. The molecule has 0 bridgehead atoms. The monoisotopic (exact) mass is 376 g/mol. The summed E-state index contributed by atoms with van der Waals surface area (Å²) in [5.41, 5.74) is -1.47. The Morgan fingerprint density at radius 1 is 1.04 bits per heavy atom. The third-order valence-corrected chi connectivity index (χ3v) is 4.41. The van der Waals surface area contributed by atoms with Gasteiger partial charge in [-0.05, 0) is 0 Å². The summed E-state index contributed by atoms with van der Waals surface area (Å²) >= 11 is 0. The van der Waals surface area contributed by atoms with Gasteiger partial charge in [0.2, 0.25) is 0 Å². The fraction of sp³-hybridized carbons (Fsp3) is 0.714. The Bertz CT molecular complexity index is 735. The molecule has 2 aliphatic heterocycles. The normalized spacial score (nSPS) is 40.2. The third-order valence-electron chi connectivity index (χ3n) is 4.41. The summed E-state index contributed by atoms with van der Waals surface area (Å²) in [5.74, 6) is 0.